The van der Waals surface area contributed by atoms with Crippen LogP contribution in [0, 0.1) is 12.8 Å². The molecule has 0 unspecified atom stereocenters. The van der Waals surface area contributed by atoms with Gasteiger partial charge in [-0.25, -0.2) is 10.1 Å². The molecule has 0 aliphatic carbocycles. The molecule has 22 heavy (non-hydrogen) atoms. The Morgan fingerprint density at radius 3 is 2.59 bits per heavy atom. The fourth-order valence-electron chi connectivity index (χ4n) is 1.77. The molecule has 0 radical (unpaired) electrons. The molecule has 116 valence electrons. The number of hydrogen-bond acceptors (Lipinski definition) is 3. The monoisotopic (exact) mass is 320 g/mol. The van der Waals surface area contributed by atoms with Gasteiger partial charge in [0.05, 0.1) is 17.5 Å². The summed E-state index contributed by atoms with van der Waals surface area (Å²) in [6, 6.07) is 6.88. The molecule has 7 heteroatoms. The number of nitrogens with one attached hydrogen (secondary N) is 2. The minimum atomic E-state index is -0.248. The molecule has 1 amide bonds. The van der Waals surface area contributed by atoms with Crippen LogP contribution in [0.3, 0.4) is 0 Å². The summed E-state index contributed by atoms with van der Waals surface area (Å²) in [5, 5.41) is 7.39. The van der Waals surface area contributed by atoms with Crippen LogP contribution in [0.5, 0.6) is 0 Å². The lowest BCUT2D eigenvalue weighted by Gasteiger charge is -2.01. The van der Waals surface area contributed by atoms with Crippen molar-refractivity contribution < 1.29 is 4.79 Å². The summed E-state index contributed by atoms with van der Waals surface area (Å²) >= 11 is 5.84. The van der Waals surface area contributed by atoms with Gasteiger partial charge in [-0.05, 0) is 31.2 Å². The number of aromatic amines is 1. The van der Waals surface area contributed by atoms with Crippen molar-refractivity contribution in [1.82, 2.24) is 15.2 Å². The zero-order valence-electron chi connectivity index (χ0n) is 12.6. The summed E-state index contributed by atoms with van der Waals surface area (Å²) in [7, 11) is 0. The summed E-state index contributed by atoms with van der Waals surface area (Å²) in [6.07, 6.45) is 1.35. The zero-order valence-corrected chi connectivity index (χ0v) is 13.3. The maximum atomic E-state index is 12.4. The van der Waals surface area contributed by atoms with Crippen molar-refractivity contribution in [2.24, 2.45) is 11.0 Å². The molecule has 2 rings (SSSR count). The molecule has 1 aromatic heterocycles. The van der Waals surface area contributed by atoms with E-state index in [4.69, 9.17) is 11.6 Å². The highest BCUT2D eigenvalue weighted by Gasteiger charge is 2.11. The van der Waals surface area contributed by atoms with E-state index in [0.29, 0.717) is 22.0 Å². The second-order valence-corrected chi connectivity index (χ2v) is 5.59. The number of rotatable bonds is 4. The number of carbonyl (C=O) groups excluding carboxylic acids is 1. The Morgan fingerprint density at radius 2 is 2.00 bits per heavy atom. The van der Waals surface area contributed by atoms with Crippen molar-refractivity contribution in [2.45, 2.75) is 20.8 Å². The van der Waals surface area contributed by atoms with Crippen molar-refractivity contribution in [3.05, 3.63) is 50.9 Å². The molecule has 6 nitrogen and oxygen atoms in total. The van der Waals surface area contributed by atoms with Gasteiger partial charge in [-0.2, -0.15) is 5.10 Å². The van der Waals surface area contributed by atoms with Gasteiger partial charge >= 0.3 is 0 Å². The average Bonchev–Trinajstić information content (AvgIpc) is 2.75. The van der Waals surface area contributed by atoms with Crippen LogP contribution >= 0.6 is 11.6 Å². The molecule has 0 aliphatic heterocycles. The summed E-state index contributed by atoms with van der Waals surface area (Å²) in [5.74, 6) is -0.377. The molecular weight excluding hydrogens is 304 g/mol. The van der Waals surface area contributed by atoms with E-state index in [9.17, 15) is 9.59 Å². The Kier molecular flexibility index (Phi) is 4.82. The summed E-state index contributed by atoms with van der Waals surface area (Å²) < 4.78 is 1.40. The highest BCUT2D eigenvalue weighted by atomic mass is 35.5. The number of benzene rings is 1. The van der Waals surface area contributed by atoms with Gasteiger partial charge in [-0.3, -0.25) is 14.7 Å². The van der Waals surface area contributed by atoms with Gasteiger partial charge in [0, 0.05) is 16.6 Å². The number of hydrogen-bond donors (Lipinski definition) is 2. The van der Waals surface area contributed by atoms with Crippen LogP contribution in [0.2, 0.25) is 5.02 Å². The standard InChI is InChI=1S/C15H17ClN4O2/c1-9(2)14(21)18-17-8-13-10(3)19-20(15(13)22)12-6-4-11(16)5-7-12/h4-9,19H,1-3H3,(H,18,21)/b17-8+. The highest BCUT2D eigenvalue weighted by Crippen LogP contribution is 2.12. The number of hydrazone groups is 1. The van der Waals surface area contributed by atoms with Crippen molar-refractivity contribution in [2.75, 3.05) is 0 Å². The van der Waals surface area contributed by atoms with E-state index in [2.05, 4.69) is 15.6 Å². The third-order valence-electron chi connectivity index (χ3n) is 3.09. The second kappa shape index (κ2) is 6.62. The van der Waals surface area contributed by atoms with E-state index < -0.39 is 0 Å². The van der Waals surface area contributed by atoms with Gasteiger partial charge in [-0.15, -0.1) is 0 Å². The van der Waals surface area contributed by atoms with Crippen LogP contribution < -0.4 is 11.0 Å². The van der Waals surface area contributed by atoms with Crippen molar-refractivity contribution in [1.29, 1.82) is 0 Å². The van der Waals surface area contributed by atoms with Gasteiger partial charge < -0.3 is 0 Å². The molecule has 1 heterocycles. The minimum absolute atomic E-state index is 0.171. The molecular formula is C15H17ClN4O2. The SMILES string of the molecule is Cc1[nH]n(-c2ccc(Cl)cc2)c(=O)c1/C=N/NC(=O)C(C)C. The Morgan fingerprint density at radius 1 is 1.36 bits per heavy atom. The number of nitrogens with zero attached hydrogens (tertiary/aromatic N) is 2. The van der Waals surface area contributed by atoms with E-state index in [1.54, 1.807) is 45.0 Å². The van der Waals surface area contributed by atoms with E-state index >= 15 is 0 Å². The number of aryl methyl sites for hydroxylation is 1. The third-order valence-corrected chi connectivity index (χ3v) is 3.35. The quantitative estimate of drug-likeness (QED) is 0.669. The molecule has 0 fully saturated rings. The van der Waals surface area contributed by atoms with Gasteiger partial charge in [0.15, 0.2) is 0 Å². The zero-order chi connectivity index (χ0) is 16.3. The molecule has 0 saturated carbocycles. The Bertz CT molecular complexity index is 757. The maximum Gasteiger partial charge on any atom is 0.280 e. The lowest BCUT2D eigenvalue weighted by Crippen LogP contribution is -2.23. The first-order valence-corrected chi connectivity index (χ1v) is 7.18. The fourth-order valence-corrected chi connectivity index (χ4v) is 1.90. The highest BCUT2D eigenvalue weighted by molar-refractivity contribution is 6.30. The van der Waals surface area contributed by atoms with E-state index in [0.717, 1.165) is 0 Å². The summed E-state index contributed by atoms with van der Waals surface area (Å²) in [4.78, 5) is 23.8. The topological polar surface area (TPSA) is 79.2 Å². The van der Waals surface area contributed by atoms with E-state index in [1.165, 1.54) is 10.9 Å². The number of amides is 1. The number of aromatic nitrogens is 2. The van der Waals surface area contributed by atoms with Crippen molar-refractivity contribution in [3.8, 4) is 5.69 Å². The van der Waals surface area contributed by atoms with Crippen molar-refractivity contribution >= 4 is 23.7 Å². The average molecular weight is 321 g/mol. The molecule has 0 aliphatic rings. The summed E-state index contributed by atoms with van der Waals surface area (Å²) in [5.41, 5.74) is 3.86. The van der Waals surface area contributed by atoms with E-state index in [-0.39, 0.29) is 17.4 Å². The minimum Gasteiger partial charge on any atom is -0.295 e. The molecule has 1 aromatic carbocycles. The van der Waals surface area contributed by atoms with Gasteiger partial charge in [-0.1, -0.05) is 25.4 Å². The van der Waals surface area contributed by atoms with E-state index in [1.807, 2.05) is 0 Å². The lowest BCUT2D eigenvalue weighted by atomic mass is 10.2. The molecule has 0 atom stereocenters. The second-order valence-electron chi connectivity index (χ2n) is 5.16. The van der Waals surface area contributed by atoms with Gasteiger partial charge in [0.1, 0.15) is 0 Å². The van der Waals surface area contributed by atoms with Crippen LogP contribution in [0.1, 0.15) is 25.1 Å². The van der Waals surface area contributed by atoms with Crippen LogP contribution in [0.4, 0.5) is 0 Å². The first-order chi connectivity index (χ1) is 10.4. The van der Waals surface area contributed by atoms with Crippen LogP contribution in [0.15, 0.2) is 34.2 Å². The Balaban J connectivity index is 2.28. The molecule has 0 saturated heterocycles. The molecule has 2 N–H and O–H groups in total. The smallest absolute Gasteiger partial charge is 0.280 e. The first-order valence-electron chi connectivity index (χ1n) is 6.80. The number of halogens is 1. The van der Waals surface area contributed by atoms with Crippen LogP contribution in [-0.2, 0) is 4.79 Å². The molecule has 2 aromatic rings. The predicted molar refractivity (Wildman–Crippen MR) is 86.7 cm³/mol. The molecule has 0 bridgehead atoms. The molecule has 0 spiro atoms. The third kappa shape index (κ3) is 3.46. The first kappa shape index (κ1) is 16.0. The van der Waals surface area contributed by atoms with Crippen LogP contribution in [-0.4, -0.2) is 21.9 Å². The van der Waals surface area contributed by atoms with Crippen LogP contribution in [0.25, 0.3) is 5.69 Å². The predicted octanol–water partition coefficient (Wildman–Crippen LogP) is 2.23. The number of H-pyrrole nitrogens is 1. The van der Waals surface area contributed by atoms with Gasteiger partial charge in [0.2, 0.25) is 5.91 Å². The summed E-state index contributed by atoms with van der Waals surface area (Å²) in [6.45, 7) is 5.29. The van der Waals surface area contributed by atoms with Crippen molar-refractivity contribution in [3.63, 3.8) is 0 Å². The fraction of sp³-hybridized carbons (Fsp3) is 0.267. The normalized spacial score (nSPS) is 11.3. The largest absolute Gasteiger partial charge is 0.295 e. The lowest BCUT2D eigenvalue weighted by molar-refractivity contribution is -0.123. The number of carbonyl (C=O) groups is 1. The Labute approximate surface area is 132 Å². The van der Waals surface area contributed by atoms with Gasteiger partial charge in [0.25, 0.3) is 5.56 Å². The Hall–Kier alpha value is -2.34. The maximum absolute atomic E-state index is 12.4.